The first-order valence-electron chi connectivity index (χ1n) is 4.91. The Kier molecular flexibility index (Phi) is 4.61. The minimum absolute atomic E-state index is 0.0271. The van der Waals surface area contributed by atoms with Crippen LogP contribution in [-0.4, -0.2) is 19.1 Å². The zero-order chi connectivity index (χ0) is 12.1. The molecule has 0 saturated heterocycles. The average molecular weight is 287 g/mol. The first kappa shape index (κ1) is 12.8. The summed E-state index contributed by atoms with van der Waals surface area (Å²) in [5.74, 6) is 0.411. The lowest BCUT2D eigenvalue weighted by atomic mass is 10.2. The van der Waals surface area contributed by atoms with Crippen LogP contribution in [0.2, 0.25) is 0 Å². The molecule has 1 amide bonds. The van der Waals surface area contributed by atoms with Crippen LogP contribution in [0.3, 0.4) is 0 Å². The monoisotopic (exact) mass is 286 g/mol. The van der Waals surface area contributed by atoms with Gasteiger partial charge in [0.2, 0.25) is 5.91 Å². The maximum Gasteiger partial charge on any atom is 0.219 e. The lowest BCUT2D eigenvalue weighted by Crippen LogP contribution is -2.24. The predicted molar refractivity (Wildman–Crippen MR) is 67.6 cm³/mol. The fourth-order valence-corrected chi connectivity index (χ4v) is 1.77. The van der Waals surface area contributed by atoms with Crippen molar-refractivity contribution >= 4 is 27.5 Å². The van der Waals surface area contributed by atoms with Crippen molar-refractivity contribution in [3.05, 3.63) is 22.7 Å². The number of carbonyl (C=O) groups is 1. The normalized spacial score (nSPS) is 11.9. The molecular weight excluding hydrogens is 272 g/mol. The summed E-state index contributed by atoms with van der Waals surface area (Å²) in [5, 5.41) is 3.18. The molecule has 0 radical (unpaired) electrons. The summed E-state index contributed by atoms with van der Waals surface area (Å²) in [6.07, 6.45) is 0.287. The molecule has 0 aliphatic carbocycles. The van der Waals surface area contributed by atoms with E-state index < -0.39 is 0 Å². The van der Waals surface area contributed by atoms with E-state index in [0.29, 0.717) is 0 Å². The standard InChI is InChI=1S/C11H15BrN2O2/c1-7(5-11(13)15)14-9-6-8(12)3-4-10(9)16-2/h3-4,6-7,14H,5H2,1-2H3,(H2,13,15). The summed E-state index contributed by atoms with van der Waals surface area (Å²) >= 11 is 3.38. The number of hydrogen-bond acceptors (Lipinski definition) is 3. The molecule has 16 heavy (non-hydrogen) atoms. The summed E-state index contributed by atoms with van der Waals surface area (Å²) in [6, 6.07) is 5.61. The van der Waals surface area contributed by atoms with Crippen molar-refractivity contribution in [3.63, 3.8) is 0 Å². The van der Waals surface area contributed by atoms with Gasteiger partial charge in [-0.25, -0.2) is 0 Å². The van der Waals surface area contributed by atoms with Crippen LogP contribution in [0, 0.1) is 0 Å². The number of rotatable bonds is 5. The number of anilines is 1. The Morgan fingerprint density at radius 1 is 1.62 bits per heavy atom. The molecular formula is C11H15BrN2O2. The Hall–Kier alpha value is -1.23. The van der Waals surface area contributed by atoms with Crippen molar-refractivity contribution in [2.75, 3.05) is 12.4 Å². The number of benzene rings is 1. The minimum atomic E-state index is -0.325. The molecule has 1 unspecified atom stereocenters. The fourth-order valence-electron chi connectivity index (χ4n) is 1.41. The van der Waals surface area contributed by atoms with E-state index in [2.05, 4.69) is 21.2 Å². The number of nitrogens with one attached hydrogen (secondary N) is 1. The highest BCUT2D eigenvalue weighted by Gasteiger charge is 2.09. The number of amides is 1. The van der Waals surface area contributed by atoms with Crippen LogP contribution in [0.1, 0.15) is 13.3 Å². The maximum atomic E-state index is 10.8. The average Bonchev–Trinajstić information content (AvgIpc) is 2.16. The molecule has 3 N–H and O–H groups in total. The molecule has 88 valence electrons. The van der Waals surface area contributed by atoms with Gasteiger partial charge in [0.1, 0.15) is 5.75 Å². The van der Waals surface area contributed by atoms with Crippen molar-refractivity contribution in [3.8, 4) is 5.75 Å². The molecule has 5 heteroatoms. The van der Waals surface area contributed by atoms with Crippen LogP contribution >= 0.6 is 15.9 Å². The second-order valence-electron chi connectivity index (χ2n) is 3.56. The fraction of sp³-hybridized carbons (Fsp3) is 0.364. The molecule has 0 aliphatic rings. The molecule has 0 heterocycles. The summed E-state index contributed by atoms with van der Waals surface area (Å²) in [6.45, 7) is 1.89. The molecule has 0 fully saturated rings. The minimum Gasteiger partial charge on any atom is -0.495 e. The number of carbonyl (C=O) groups excluding carboxylic acids is 1. The van der Waals surface area contributed by atoms with Gasteiger partial charge >= 0.3 is 0 Å². The van der Waals surface area contributed by atoms with E-state index in [1.807, 2.05) is 25.1 Å². The Balaban J connectivity index is 2.78. The van der Waals surface area contributed by atoms with Gasteiger partial charge in [-0.2, -0.15) is 0 Å². The zero-order valence-electron chi connectivity index (χ0n) is 9.29. The van der Waals surface area contributed by atoms with Crippen molar-refractivity contribution < 1.29 is 9.53 Å². The second kappa shape index (κ2) is 5.75. The van der Waals surface area contributed by atoms with Gasteiger partial charge < -0.3 is 15.8 Å². The number of primary amides is 1. The van der Waals surface area contributed by atoms with Crippen LogP contribution in [0.15, 0.2) is 22.7 Å². The third kappa shape index (κ3) is 3.73. The van der Waals surface area contributed by atoms with Crippen molar-refractivity contribution in [2.45, 2.75) is 19.4 Å². The van der Waals surface area contributed by atoms with Crippen molar-refractivity contribution in [2.24, 2.45) is 5.73 Å². The highest BCUT2D eigenvalue weighted by atomic mass is 79.9. The molecule has 1 aromatic carbocycles. The van der Waals surface area contributed by atoms with E-state index in [4.69, 9.17) is 10.5 Å². The first-order valence-corrected chi connectivity index (χ1v) is 5.70. The van der Waals surface area contributed by atoms with Crippen LogP contribution < -0.4 is 15.8 Å². The van der Waals surface area contributed by atoms with Crippen LogP contribution in [0.4, 0.5) is 5.69 Å². The summed E-state index contributed by atoms with van der Waals surface area (Å²) in [4.78, 5) is 10.8. The highest BCUT2D eigenvalue weighted by Crippen LogP contribution is 2.28. The van der Waals surface area contributed by atoms with E-state index >= 15 is 0 Å². The van der Waals surface area contributed by atoms with Gasteiger partial charge in [-0.05, 0) is 25.1 Å². The molecule has 0 bridgehead atoms. The predicted octanol–water partition coefficient (Wildman–Crippen LogP) is 2.13. The van der Waals surface area contributed by atoms with Crippen molar-refractivity contribution in [1.82, 2.24) is 0 Å². The zero-order valence-corrected chi connectivity index (χ0v) is 10.9. The molecule has 1 rings (SSSR count). The van der Waals surface area contributed by atoms with Gasteiger partial charge in [-0.3, -0.25) is 4.79 Å². The third-order valence-electron chi connectivity index (χ3n) is 2.07. The number of nitrogens with two attached hydrogens (primary N) is 1. The van der Waals surface area contributed by atoms with Gasteiger partial charge in [0.25, 0.3) is 0 Å². The molecule has 1 atom stereocenters. The largest absolute Gasteiger partial charge is 0.495 e. The molecule has 0 aliphatic heterocycles. The number of methoxy groups -OCH3 is 1. The van der Waals surface area contributed by atoms with Gasteiger partial charge in [-0.1, -0.05) is 15.9 Å². The van der Waals surface area contributed by atoms with Gasteiger partial charge in [-0.15, -0.1) is 0 Å². The van der Waals surface area contributed by atoms with Gasteiger partial charge in [0.15, 0.2) is 0 Å². The lowest BCUT2D eigenvalue weighted by molar-refractivity contribution is -0.118. The van der Waals surface area contributed by atoms with Crippen LogP contribution in [0.25, 0.3) is 0 Å². The van der Waals surface area contributed by atoms with E-state index in [-0.39, 0.29) is 18.4 Å². The summed E-state index contributed by atoms with van der Waals surface area (Å²) in [7, 11) is 1.60. The SMILES string of the molecule is COc1ccc(Br)cc1NC(C)CC(N)=O. The molecule has 0 saturated carbocycles. The molecule has 0 spiro atoms. The highest BCUT2D eigenvalue weighted by molar-refractivity contribution is 9.10. The number of hydrogen-bond donors (Lipinski definition) is 2. The Morgan fingerprint density at radius 3 is 2.88 bits per heavy atom. The molecule has 1 aromatic rings. The molecule has 0 aromatic heterocycles. The van der Waals surface area contributed by atoms with Crippen LogP contribution in [0.5, 0.6) is 5.75 Å². The van der Waals surface area contributed by atoms with E-state index in [9.17, 15) is 4.79 Å². The quantitative estimate of drug-likeness (QED) is 0.872. The Morgan fingerprint density at radius 2 is 2.31 bits per heavy atom. The maximum absolute atomic E-state index is 10.8. The van der Waals surface area contributed by atoms with Crippen molar-refractivity contribution in [1.29, 1.82) is 0 Å². The van der Waals surface area contributed by atoms with Gasteiger partial charge in [0.05, 0.1) is 12.8 Å². The van der Waals surface area contributed by atoms with E-state index in [1.165, 1.54) is 0 Å². The second-order valence-corrected chi connectivity index (χ2v) is 4.48. The summed E-state index contributed by atoms with van der Waals surface area (Å²) < 4.78 is 6.15. The number of ether oxygens (including phenoxy) is 1. The third-order valence-corrected chi connectivity index (χ3v) is 2.56. The first-order chi connectivity index (χ1) is 7.52. The van der Waals surface area contributed by atoms with E-state index in [0.717, 1.165) is 15.9 Å². The lowest BCUT2D eigenvalue weighted by Gasteiger charge is -2.16. The summed E-state index contributed by atoms with van der Waals surface area (Å²) in [5.41, 5.74) is 5.97. The topological polar surface area (TPSA) is 64.3 Å². The van der Waals surface area contributed by atoms with E-state index in [1.54, 1.807) is 7.11 Å². The van der Waals surface area contributed by atoms with Gasteiger partial charge in [0, 0.05) is 16.9 Å². The molecule has 4 nitrogen and oxygen atoms in total. The van der Waals surface area contributed by atoms with Crippen LogP contribution in [-0.2, 0) is 4.79 Å². The Labute approximate surface area is 103 Å². The Bertz CT molecular complexity index is 382. The number of halogens is 1. The smallest absolute Gasteiger partial charge is 0.219 e.